The predicted molar refractivity (Wildman–Crippen MR) is 84.7 cm³/mol. The van der Waals surface area contributed by atoms with E-state index in [4.69, 9.17) is 14.2 Å². The molecule has 2 heterocycles. The number of carbonyl (C=O) groups is 2. The van der Waals surface area contributed by atoms with Crippen LogP contribution in [0.4, 0.5) is 0 Å². The number of cyclic esters (lactones) is 1. The van der Waals surface area contributed by atoms with Crippen LogP contribution in [0.1, 0.15) is 35.3 Å². The molecule has 1 fully saturated rings. The molecule has 3 atom stereocenters. The summed E-state index contributed by atoms with van der Waals surface area (Å²) in [6.45, 7) is 5.78. The molecular formula is C19H18O5. The highest BCUT2D eigenvalue weighted by molar-refractivity contribution is 5.92. The van der Waals surface area contributed by atoms with Crippen molar-refractivity contribution in [1.82, 2.24) is 0 Å². The molecule has 5 nitrogen and oxygen atoms in total. The van der Waals surface area contributed by atoms with Crippen LogP contribution in [0.15, 0.2) is 35.6 Å². The first-order valence-electron chi connectivity index (χ1n) is 8.00. The Bertz CT molecular complexity index is 817. The zero-order valence-corrected chi connectivity index (χ0v) is 13.8. The van der Waals surface area contributed by atoms with Gasteiger partial charge in [0.2, 0.25) is 0 Å². The van der Waals surface area contributed by atoms with E-state index in [2.05, 4.69) is 19.1 Å². The average Bonchev–Trinajstić information content (AvgIpc) is 3.14. The second-order valence-electron chi connectivity index (χ2n) is 6.56. The van der Waals surface area contributed by atoms with Gasteiger partial charge >= 0.3 is 11.9 Å². The first-order chi connectivity index (χ1) is 11.5. The molecule has 1 aromatic rings. The van der Waals surface area contributed by atoms with E-state index >= 15 is 0 Å². The third-order valence-electron chi connectivity index (χ3n) is 5.01. The van der Waals surface area contributed by atoms with Crippen LogP contribution in [-0.2, 0) is 30.2 Å². The van der Waals surface area contributed by atoms with Crippen LogP contribution >= 0.6 is 0 Å². The molecule has 0 amide bonds. The summed E-state index contributed by atoms with van der Waals surface area (Å²) in [5.74, 6) is -0.805. The molecule has 0 bridgehead atoms. The van der Waals surface area contributed by atoms with Gasteiger partial charge in [-0.15, -0.1) is 0 Å². The van der Waals surface area contributed by atoms with Crippen molar-refractivity contribution >= 4 is 11.9 Å². The fraction of sp³-hybridized carbons (Fsp3) is 0.368. The molecule has 4 rings (SSSR count). The van der Waals surface area contributed by atoms with Crippen LogP contribution in [0.2, 0.25) is 0 Å². The lowest BCUT2D eigenvalue weighted by Gasteiger charge is -2.12. The minimum atomic E-state index is -0.774. The Morgan fingerprint density at radius 1 is 1.08 bits per heavy atom. The number of carbonyl (C=O) groups excluding carboxylic acids is 2. The Morgan fingerprint density at radius 3 is 2.54 bits per heavy atom. The minimum Gasteiger partial charge on any atom is -0.458 e. The number of hydrogen-bond acceptors (Lipinski definition) is 5. The first kappa shape index (κ1) is 15.0. The van der Waals surface area contributed by atoms with E-state index in [-0.39, 0.29) is 18.0 Å². The van der Waals surface area contributed by atoms with Gasteiger partial charge < -0.3 is 14.2 Å². The number of fused-ring (bicyclic) bond motifs is 3. The smallest absolute Gasteiger partial charge is 0.338 e. The van der Waals surface area contributed by atoms with E-state index in [0.717, 1.165) is 17.5 Å². The quantitative estimate of drug-likeness (QED) is 0.475. The van der Waals surface area contributed by atoms with E-state index in [9.17, 15) is 9.59 Å². The van der Waals surface area contributed by atoms with Crippen LogP contribution in [0, 0.1) is 19.8 Å². The summed E-state index contributed by atoms with van der Waals surface area (Å²) in [6.07, 6.45) is 2.73. The van der Waals surface area contributed by atoms with Gasteiger partial charge in [-0.3, -0.25) is 0 Å². The Hall–Kier alpha value is -2.56. The molecule has 0 radical (unpaired) electrons. The average molecular weight is 326 g/mol. The molecule has 1 aliphatic carbocycles. The zero-order valence-electron chi connectivity index (χ0n) is 13.8. The third-order valence-corrected chi connectivity index (χ3v) is 5.01. The van der Waals surface area contributed by atoms with Gasteiger partial charge in [0.1, 0.15) is 6.10 Å². The fourth-order valence-electron chi connectivity index (χ4n) is 3.68. The first-order valence-corrected chi connectivity index (χ1v) is 8.00. The van der Waals surface area contributed by atoms with Gasteiger partial charge in [0.15, 0.2) is 0 Å². The Morgan fingerprint density at radius 2 is 1.83 bits per heavy atom. The van der Waals surface area contributed by atoms with Crippen molar-refractivity contribution in [2.75, 3.05) is 0 Å². The van der Waals surface area contributed by atoms with E-state index in [1.807, 2.05) is 6.92 Å². The number of rotatable bonds is 2. The SMILES string of the molecule is CC1=C[C@@H](O/C=C2/C(=O)O[C@@H]3c4c(C)ccc(C)c4C[C@H]23)OC1=O. The van der Waals surface area contributed by atoms with E-state index in [1.54, 1.807) is 13.0 Å². The summed E-state index contributed by atoms with van der Waals surface area (Å²) in [7, 11) is 0. The number of ether oxygens (including phenoxy) is 3. The molecule has 1 aromatic carbocycles. The Balaban J connectivity index is 1.60. The van der Waals surface area contributed by atoms with Gasteiger partial charge in [0, 0.05) is 17.6 Å². The molecule has 0 aromatic heterocycles. The van der Waals surface area contributed by atoms with Crippen LogP contribution in [0.3, 0.4) is 0 Å². The Kier molecular flexibility index (Phi) is 3.27. The molecule has 0 saturated carbocycles. The van der Waals surface area contributed by atoms with Crippen molar-refractivity contribution in [1.29, 1.82) is 0 Å². The van der Waals surface area contributed by atoms with E-state index in [1.165, 1.54) is 17.4 Å². The summed E-state index contributed by atoms with van der Waals surface area (Å²) in [4.78, 5) is 23.6. The van der Waals surface area contributed by atoms with Gasteiger partial charge in [0.25, 0.3) is 6.29 Å². The van der Waals surface area contributed by atoms with Crippen molar-refractivity contribution in [2.45, 2.75) is 39.6 Å². The molecular weight excluding hydrogens is 308 g/mol. The topological polar surface area (TPSA) is 61.8 Å². The summed E-state index contributed by atoms with van der Waals surface area (Å²) in [5, 5.41) is 0. The van der Waals surface area contributed by atoms with Crippen LogP contribution < -0.4 is 0 Å². The second kappa shape index (κ2) is 5.23. The highest BCUT2D eigenvalue weighted by atomic mass is 16.7. The van der Waals surface area contributed by atoms with Crippen LogP contribution in [0.5, 0.6) is 0 Å². The molecule has 1 saturated heterocycles. The van der Waals surface area contributed by atoms with Crippen molar-refractivity contribution in [3.8, 4) is 0 Å². The minimum absolute atomic E-state index is 0.0468. The second-order valence-corrected chi connectivity index (χ2v) is 6.56. The highest BCUT2D eigenvalue weighted by Crippen LogP contribution is 2.49. The molecule has 5 heteroatoms. The highest BCUT2D eigenvalue weighted by Gasteiger charge is 2.47. The fourth-order valence-corrected chi connectivity index (χ4v) is 3.68. The number of esters is 2. The maximum atomic E-state index is 12.2. The number of hydrogen-bond donors (Lipinski definition) is 0. The maximum Gasteiger partial charge on any atom is 0.338 e. The van der Waals surface area contributed by atoms with Crippen molar-refractivity contribution in [2.24, 2.45) is 5.92 Å². The summed E-state index contributed by atoms with van der Waals surface area (Å²) >= 11 is 0. The van der Waals surface area contributed by atoms with E-state index in [0.29, 0.717) is 11.1 Å². The molecule has 0 N–H and O–H groups in total. The van der Waals surface area contributed by atoms with Crippen molar-refractivity contribution in [3.05, 3.63) is 57.9 Å². The Labute approximate surface area is 139 Å². The zero-order chi connectivity index (χ0) is 17.0. The van der Waals surface area contributed by atoms with Gasteiger partial charge in [-0.2, -0.15) is 0 Å². The van der Waals surface area contributed by atoms with Gasteiger partial charge in [0.05, 0.1) is 11.8 Å². The summed E-state index contributed by atoms with van der Waals surface area (Å²) < 4.78 is 16.1. The van der Waals surface area contributed by atoms with Crippen molar-refractivity contribution in [3.63, 3.8) is 0 Å². The van der Waals surface area contributed by atoms with Crippen molar-refractivity contribution < 1.29 is 23.8 Å². The van der Waals surface area contributed by atoms with Crippen LogP contribution in [-0.4, -0.2) is 18.2 Å². The monoisotopic (exact) mass is 326 g/mol. The molecule has 0 spiro atoms. The lowest BCUT2D eigenvalue weighted by Crippen LogP contribution is -2.12. The molecule has 0 unspecified atom stereocenters. The third kappa shape index (κ3) is 2.15. The summed E-state index contributed by atoms with van der Waals surface area (Å²) in [5.41, 5.74) is 5.74. The standard InChI is InChI=1S/C19H18O5/c1-9-4-5-10(2)16-12(9)7-13-14(19(21)24-17(13)16)8-22-15-6-11(3)18(20)23-15/h4-6,8,13,15,17H,7H2,1-3H3/b14-8+/t13-,15+,17+/m1/s1. The van der Waals surface area contributed by atoms with E-state index < -0.39 is 12.3 Å². The molecule has 124 valence electrons. The predicted octanol–water partition coefficient (Wildman–Crippen LogP) is 2.80. The maximum absolute atomic E-state index is 12.2. The molecule has 24 heavy (non-hydrogen) atoms. The van der Waals surface area contributed by atoms with Gasteiger partial charge in [-0.05, 0) is 49.4 Å². The molecule has 3 aliphatic rings. The van der Waals surface area contributed by atoms with Gasteiger partial charge in [-0.25, -0.2) is 9.59 Å². The largest absolute Gasteiger partial charge is 0.458 e. The molecule has 2 aliphatic heterocycles. The number of benzene rings is 1. The van der Waals surface area contributed by atoms with Gasteiger partial charge in [-0.1, -0.05) is 12.1 Å². The number of aryl methyl sites for hydroxylation is 2. The lowest BCUT2D eigenvalue weighted by molar-refractivity contribution is -0.152. The lowest BCUT2D eigenvalue weighted by atomic mass is 9.97. The normalized spacial score (nSPS) is 29.2. The van der Waals surface area contributed by atoms with Crippen LogP contribution in [0.25, 0.3) is 0 Å². The summed E-state index contributed by atoms with van der Waals surface area (Å²) in [6, 6.07) is 4.16.